The van der Waals surface area contributed by atoms with Crippen molar-refractivity contribution >= 4 is 44.4 Å². The van der Waals surface area contributed by atoms with Crippen molar-refractivity contribution in [2.75, 3.05) is 7.11 Å². The van der Waals surface area contributed by atoms with E-state index in [-0.39, 0.29) is 5.56 Å². The number of benzene rings is 2. The Morgan fingerprint density at radius 3 is 2.69 bits per heavy atom. The predicted octanol–water partition coefficient (Wildman–Crippen LogP) is 2.41. The zero-order valence-electron chi connectivity index (χ0n) is 13.7. The number of thiazole rings is 1. The molecule has 0 radical (unpaired) electrons. The Hall–Kier alpha value is -3.32. The van der Waals surface area contributed by atoms with Crippen molar-refractivity contribution in [1.82, 2.24) is 19.6 Å². The van der Waals surface area contributed by atoms with Crippen molar-refractivity contribution in [3.63, 3.8) is 0 Å². The second-order valence-corrected chi connectivity index (χ2v) is 6.81. The van der Waals surface area contributed by atoms with Crippen LogP contribution in [-0.4, -0.2) is 26.7 Å². The molecule has 0 N–H and O–H groups in total. The third kappa shape index (κ3) is 2.25. The predicted molar refractivity (Wildman–Crippen MR) is 102 cm³/mol. The maximum Gasteiger partial charge on any atom is 0.291 e. The number of para-hydroxylation sites is 1. The van der Waals surface area contributed by atoms with E-state index in [2.05, 4.69) is 15.1 Å². The molecular weight excluding hydrogens is 348 g/mol. The summed E-state index contributed by atoms with van der Waals surface area (Å²) < 4.78 is 7.09. The zero-order chi connectivity index (χ0) is 17.7. The minimum Gasteiger partial charge on any atom is -0.497 e. The third-order valence-electron chi connectivity index (χ3n) is 4.20. The average molecular weight is 360 g/mol. The number of hydrogen-bond acceptors (Lipinski definition) is 6. The molecule has 0 aliphatic rings. The largest absolute Gasteiger partial charge is 0.497 e. The van der Waals surface area contributed by atoms with Crippen LogP contribution in [-0.2, 0) is 0 Å². The summed E-state index contributed by atoms with van der Waals surface area (Å²) in [5.74, 6) is 0.773. The summed E-state index contributed by atoms with van der Waals surface area (Å²) in [6.45, 7) is 0. The van der Waals surface area contributed by atoms with Gasteiger partial charge in [0.1, 0.15) is 11.3 Å². The second kappa shape index (κ2) is 5.60. The lowest BCUT2D eigenvalue weighted by molar-refractivity contribution is 0.415. The van der Waals surface area contributed by atoms with Crippen LogP contribution in [0, 0.1) is 0 Å². The lowest BCUT2D eigenvalue weighted by Crippen LogP contribution is -2.24. The topological polar surface area (TPSA) is 69.4 Å². The maximum atomic E-state index is 12.8. The fourth-order valence-corrected chi connectivity index (χ4v) is 3.81. The van der Waals surface area contributed by atoms with Gasteiger partial charge >= 0.3 is 0 Å². The quantitative estimate of drug-likeness (QED) is 0.484. The molecule has 0 bridgehead atoms. The van der Waals surface area contributed by atoms with Gasteiger partial charge in [0.25, 0.3) is 5.56 Å². The molecular formula is C19H12N4O2S. The number of aromatic nitrogens is 4. The minimum atomic E-state index is -0.180. The average Bonchev–Trinajstić information content (AvgIpc) is 3.18. The van der Waals surface area contributed by atoms with E-state index >= 15 is 0 Å². The highest BCUT2D eigenvalue weighted by molar-refractivity contribution is 7.15. The van der Waals surface area contributed by atoms with E-state index in [0.717, 1.165) is 22.2 Å². The van der Waals surface area contributed by atoms with E-state index in [1.54, 1.807) is 7.11 Å². The third-order valence-corrected chi connectivity index (χ3v) is 5.16. The van der Waals surface area contributed by atoms with Crippen LogP contribution >= 0.6 is 11.3 Å². The van der Waals surface area contributed by atoms with Crippen molar-refractivity contribution in [3.8, 4) is 5.75 Å². The van der Waals surface area contributed by atoms with Gasteiger partial charge in [-0.1, -0.05) is 41.7 Å². The van der Waals surface area contributed by atoms with Gasteiger partial charge in [-0.25, -0.2) is 4.98 Å². The van der Waals surface area contributed by atoms with Gasteiger partial charge in [-0.2, -0.15) is 14.6 Å². The number of methoxy groups -OCH3 is 1. The summed E-state index contributed by atoms with van der Waals surface area (Å²) >= 11 is 1.30. The van der Waals surface area contributed by atoms with E-state index in [0.29, 0.717) is 20.7 Å². The molecule has 26 heavy (non-hydrogen) atoms. The number of ether oxygens (including phenoxy) is 1. The van der Waals surface area contributed by atoms with Gasteiger partial charge in [-0.3, -0.25) is 4.79 Å². The molecule has 0 saturated heterocycles. The Morgan fingerprint density at radius 2 is 1.88 bits per heavy atom. The summed E-state index contributed by atoms with van der Waals surface area (Å²) in [6.07, 6.45) is 1.83. The maximum absolute atomic E-state index is 12.8. The molecule has 3 heterocycles. The Balaban J connectivity index is 1.74. The number of rotatable bonds is 2. The Kier molecular flexibility index (Phi) is 3.23. The first-order valence-corrected chi connectivity index (χ1v) is 8.78. The van der Waals surface area contributed by atoms with Gasteiger partial charge in [0.05, 0.1) is 17.2 Å². The molecule has 7 heteroatoms. The van der Waals surface area contributed by atoms with Crippen molar-refractivity contribution < 1.29 is 4.74 Å². The summed E-state index contributed by atoms with van der Waals surface area (Å²) in [6, 6.07) is 15.2. The van der Waals surface area contributed by atoms with Crippen molar-refractivity contribution in [2.24, 2.45) is 0 Å². The molecule has 0 saturated carbocycles. The van der Waals surface area contributed by atoms with Crippen LogP contribution in [0.15, 0.2) is 53.3 Å². The van der Waals surface area contributed by atoms with Gasteiger partial charge < -0.3 is 4.74 Å². The lowest BCUT2D eigenvalue weighted by atomic mass is 10.2. The van der Waals surface area contributed by atoms with Crippen molar-refractivity contribution in [2.45, 2.75) is 0 Å². The fourth-order valence-electron chi connectivity index (χ4n) is 2.90. The van der Waals surface area contributed by atoms with Gasteiger partial charge in [-0.15, -0.1) is 0 Å². The molecule has 0 amide bonds. The molecule has 0 fully saturated rings. The van der Waals surface area contributed by atoms with Crippen molar-refractivity contribution in [3.05, 3.63) is 69.0 Å². The van der Waals surface area contributed by atoms with Crippen molar-refractivity contribution in [1.29, 1.82) is 0 Å². The Morgan fingerprint density at radius 1 is 1.08 bits per heavy atom. The highest BCUT2D eigenvalue weighted by atomic mass is 32.1. The summed E-state index contributed by atoms with van der Waals surface area (Å²) in [5, 5.41) is 5.40. The Labute approximate surface area is 151 Å². The molecule has 6 nitrogen and oxygen atoms in total. The first kappa shape index (κ1) is 15.0. The van der Waals surface area contributed by atoms with Gasteiger partial charge in [0.15, 0.2) is 5.65 Å². The summed E-state index contributed by atoms with van der Waals surface area (Å²) in [5.41, 5.74) is 2.77. The monoisotopic (exact) mass is 360 g/mol. The molecule has 0 spiro atoms. The highest BCUT2D eigenvalue weighted by Crippen LogP contribution is 2.22. The van der Waals surface area contributed by atoms with E-state index < -0.39 is 0 Å². The lowest BCUT2D eigenvalue weighted by Gasteiger charge is -1.98. The van der Waals surface area contributed by atoms with E-state index in [9.17, 15) is 4.79 Å². The van der Waals surface area contributed by atoms with Crippen LogP contribution < -0.4 is 14.8 Å². The molecule has 5 rings (SSSR count). The molecule has 126 valence electrons. The first-order chi connectivity index (χ1) is 12.7. The van der Waals surface area contributed by atoms with E-state index in [1.165, 1.54) is 15.9 Å². The van der Waals surface area contributed by atoms with Crippen LogP contribution in [0.4, 0.5) is 0 Å². The molecule has 0 unspecified atom stereocenters. The first-order valence-electron chi connectivity index (χ1n) is 7.97. The van der Waals surface area contributed by atoms with Crippen LogP contribution in [0.25, 0.3) is 33.1 Å². The summed E-state index contributed by atoms with van der Waals surface area (Å²) in [4.78, 5) is 22.3. The zero-order valence-corrected chi connectivity index (χ0v) is 14.5. The second-order valence-electron chi connectivity index (χ2n) is 5.80. The van der Waals surface area contributed by atoms with Crippen LogP contribution in [0.1, 0.15) is 5.56 Å². The number of hydrogen-bond donors (Lipinski definition) is 0. The molecule has 3 aromatic heterocycles. The fraction of sp³-hybridized carbons (Fsp3) is 0.0526. The van der Waals surface area contributed by atoms with Crippen LogP contribution in [0.3, 0.4) is 0 Å². The van der Waals surface area contributed by atoms with Crippen LogP contribution in [0.5, 0.6) is 5.75 Å². The standard InChI is InChI=1S/C19H12N4O2S/c1-25-12-8-6-11(7-9-12)10-15-18(24)23-19(26-15)21-17-16(22-23)13-4-2-3-5-14(13)20-17/h2-10H,1H3/b15-10+. The molecule has 0 aliphatic carbocycles. The van der Waals surface area contributed by atoms with Gasteiger partial charge in [0.2, 0.25) is 4.96 Å². The normalized spacial score (nSPS) is 12.4. The minimum absolute atomic E-state index is 0.180. The highest BCUT2D eigenvalue weighted by Gasteiger charge is 2.12. The molecule has 0 aliphatic heterocycles. The van der Waals surface area contributed by atoms with Gasteiger partial charge in [-0.05, 0) is 29.8 Å². The van der Waals surface area contributed by atoms with Gasteiger partial charge in [0, 0.05) is 5.39 Å². The SMILES string of the molecule is COc1ccc(/C=c2/sc3nc4nc5ccccc5c4nn3c2=O)cc1. The smallest absolute Gasteiger partial charge is 0.291 e. The van der Waals surface area contributed by atoms with Crippen LogP contribution in [0.2, 0.25) is 0 Å². The van der Waals surface area contributed by atoms with E-state index in [4.69, 9.17) is 4.74 Å². The number of fused-ring (bicyclic) bond motifs is 4. The van der Waals surface area contributed by atoms with E-state index in [1.807, 2.05) is 54.6 Å². The molecule has 0 atom stereocenters. The molecule has 5 aromatic rings. The number of nitrogens with zero attached hydrogens (tertiary/aromatic N) is 4. The Bertz CT molecular complexity index is 1390. The summed E-state index contributed by atoms with van der Waals surface area (Å²) in [7, 11) is 1.62. The molecule has 2 aromatic carbocycles.